The molecule has 1 saturated carbocycles. The van der Waals surface area contributed by atoms with Crippen molar-refractivity contribution in [1.29, 1.82) is 0 Å². The van der Waals surface area contributed by atoms with Gasteiger partial charge in [-0.25, -0.2) is 0 Å². The van der Waals surface area contributed by atoms with Crippen LogP contribution in [-0.2, 0) is 0 Å². The molecule has 0 heteroatoms. The summed E-state index contributed by atoms with van der Waals surface area (Å²) in [6.07, 6.45) is 13.2. The molecule has 0 N–H and O–H groups in total. The molecule has 0 bridgehead atoms. The fraction of sp³-hybridized carbons (Fsp3) is 0.867. The molecular formula is C15H28. The van der Waals surface area contributed by atoms with Crippen LogP contribution in [0.2, 0.25) is 0 Å². The standard InChI is InChI=1S/C15H28/c1-5-6-7-8-9-10-11-12-14-13(2)15(14,3)4/h11-14H,5-10H2,1-4H3. The van der Waals surface area contributed by atoms with Crippen molar-refractivity contribution in [3.05, 3.63) is 12.2 Å². The van der Waals surface area contributed by atoms with E-state index in [-0.39, 0.29) is 0 Å². The lowest BCUT2D eigenvalue weighted by Gasteiger charge is -1.97. The van der Waals surface area contributed by atoms with E-state index in [2.05, 4.69) is 39.8 Å². The Morgan fingerprint density at radius 1 is 1.07 bits per heavy atom. The van der Waals surface area contributed by atoms with Crippen LogP contribution in [-0.4, -0.2) is 0 Å². The lowest BCUT2D eigenvalue weighted by Crippen LogP contribution is -1.87. The van der Waals surface area contributed by atoms with Crippen LogP contribution in [0.3, 0.4) is 0 Å². The second-order valence-electron chi connectivity index (χ2n) is 5.77. The Morgan fingerprint density at radius 2 is 1.67 bits per heavy atom. The first kappa shape index (κ1) is 12.8. The fourth-order valence-electron chi connectivity index (χ4n) is 2.46. The Labute approximate surface area is 96.2 Å². The number of hydrogen-bond donors (Lipinski definition) is 0. The number of rotatable bonds is 7. The van der Waals surface area contributed by atoms with Crippen molar-refractivity contribution in [2.45, 2.75) is 66.2 Å². The van der Waals surface area contributed by atoms with Gasteiger partial charge in [-0.05, 0) is 30.1 Å². The monoisotopic (exact) mass is 208 g/mol. The average Bonchev–Trinajstić information content (AvgIpc) is 2.66. The molecule has 1 aliphatic carbocycles. The van der Waals surface area contributed by atoms with Crippen molar-refractivity contribution in [2.75, 3.05) is 0 Å². The summed E-state index contributed by atoms with van der Waals surface area (Å²) in [5, 5.41) is 0. The van der Waals surface area contributed by atoms with Gasteiger partial charge in [-0.15, -0.1) is 0 Å². The van der Waals surface area contributed by atoms with E-state index >= 15 is 0 Å². The number of hydrogen-bond acceptors (Lipinski definition) is 0. The molecule has 0 nitrogen and oxygen atoms in total. The van der Waals surface area contributed by atoms with E-state index in [4.69, 9.17) is 0 Å². The molecule has 0 aliphatic heterocycles. The van der Waals surface area contributed by atoms with Crippen molar-refractivity contribution in [3.63, 3.8) is 0 Å². The van der Waals surface area contributed by atoms with E-state index in [1.807, 2.05) is 0 Å². The Hall–Kier alpha value is -0.260. The normalized spacial score (nSPS) is 28.5. The Morgan fingerprint density at radius 3 is 2.20 bits per heavy atom. The SMILES string of the molecule is CCCCCCCC=CC1C(C)C1(C)C. The second kappa shape index (κ2) is 5.72. The van der Waals surface area contributed by atoms with Gasteiger partial charge in [0, 0.05) is 0 Å². The molecule has 0 radical (unpaired) electrons. The highest BCUT2D eigenvalue weighted by molar-refractivity contribution is 5.12. The van der Waals surface area contributed by atoms with E-state index in [1.54, 1.807) is 0 Å². The summed E-state index contributed by atoms with van der Waals surface area (Å²) in [5.41, 5.74) is 0.582. The predicted molar refractivity (Wildman–Crippen MR) is 69.0 cm³/mol. The van der Waals surface area contributed by atoms with Gasteiger partial charge in [0.1, 0.15) is 0 Å². The highest BCUT2D eigenvalue weighted by Crippen LogP contribution is 2.58. The second-order valence-corrected chi connectivity index (χ2v) is 5.77. The molecule has 0 saturated heterocycles. The predicted octanol–water partition coefficient (Wildman–Crippen LogP) is 5.20. The van der Waals surface area contributed by atoms with Crippen molar-refractivity contribution in [2.24, 2.45) is 17.3 Å². The Bertz CT molecular complexity index is 200. The van der Waals surface area contributed by atoms with Gasteiger partial charge >= 0.3 is 0 Å². The highest BCUT2D eigenvalue weighted by atomic mass is 14.6. The summed E-state index contributed by atoms with van der Waals surface area (Å²) < 4.78 is 0. The first-order valence-corrected chi connectivity index (χ1v) is 6.77. The van der Waals surface area contributed by atoms with Gasteiger partial charge in [0.05, 0.1) is 0 Å². The summed E-state index contributed by atoms with van der Waals surface area (Å²) in [6, 6.07) is 0. The molecule has 0 aromatic heterocycles. The number of allylic oxidation sites excluding steroid dienone is 2. The number of unbranched alkanes of at least 4 members (excludes halogenated alkanes) is 5. The van der Waals surface area contributed by atoms with Crippen LogP contribution in [0.1, 0.15) is 66.2 Å². The third-order valence-corrected chi connectivity index (χ3v) is 4.28. The minimum Gasteiger partial charge on any atom is -0.0882 e. The molecule has 1 fully saturated rings. The Kier molecular flexibility index (Phi) is 4.89. The van der Waals surface area contributed by atoms with Crippen LogP contribution in [0.5, 0.6) is 0 Å². The van der Waals surface area contributed by atoms with Crippen molar-refractivity contribution in [1.82, 2.24) is 0 Å². The average molecular weight is 208 g/mol. The minimum absolute atomic E-state index is 0.582. The van der Waals surface area contributed by atoms with Crippen molar-refractivity contribution in [3.8, 4) is 0 Å². The third-order valence-electron chi connectivity index (χ3n) is 4.28. The smallest absolute Gasteiger partial charge is 0.0148 e. The maximum absolute atomic E-state index is 2.46. The van der Waals surface area contributed by atoms with E-state index in [9.17, 15) is 0 Å². The molecule has 2 atom stereocenters. The molecule has 0 heterocycles. The molecule has 0 spiro atoms. The molecule has 0 aromatic rings. The van der Waals surface area contributed by atoms with Crippen LogP contribution in [0.25, 0.3) is 0 Å². The summed E-state index contributed by atoms with van der Waals surface area (Å²) in [6.45, 7) is 9.41. The van der Waals surface area contributed by atoms with Crippen LogP contribution in [0.4, 0.5) is 0 Å². The van der Waals surface area contributed by atoms with Gasteiger partial charge in [0.2, 0.25) is 0 Å². The minimum atomic E-state index is 0.582. The van der Waals surface area contributed by atoms with Crippen LogP contribution in [0, 0.1) is 17.3 Å². The quantitative estimate of drug-likeness (QED) is 0.399. The summed E-state index contributed by atoms with van der Waals surface area (Å²) in [7, 11) is 0. The van der Waals surface area contributed by atoms with Gasteiger partial charge in [-0.3, -0.25) is 0 Å². The van der Waals surface area contributed by atoms with E-state index in [0.717, 1.165) is 11.8 Å². The lowest BCUT2D eigenvalue weighted by atomic mass is 10.1. The van der Waals surface area contributed by atoms with Crippen LogP contribution >= 0.6 is 0 Å². The molecule has 88 valence electrons. The van der Waals surface area contributed by atoms with Gasteiger partial charge in [0.25, 0.3) is 0 Å². The molecule has 0 amide bonds. The van der Waals surface area contributed by atoms with E-state index in [0.29, 0.717) is 5.41 Å². The zero-order valence-electron chi connectivity index (χ0n) is 11.1. The van der Waals surface area contributed by atoms with Gasteiger partial charge in [-0.1, -0.05) is 65.5 Å². The molecule has 15 heavy (non-hydrogen) atoms. The van der Waals surface area contributed by atoms with Crippen molar-refractivity contribution >= 4 is 0 Å². The molecule has 1 aliphatic rings. The van der Waals surface area contributed by atoms with Gasteiger partial charge < -0.3 is 0 Å². The third kappa shape index (κ3) is 3.66. The zero-order chi connectivity index (χ0) is 11.3. The first-order chi connectivity index (χ1) is 7.10. The molecule has 2 unspecified atom stereocenters. The largest absolute Gasteiger partial charge is 0.0882 e. The fourth-order valence-corrected chi connectivity index (χ4v) is 2.46. The first-order valence-electron chi connectivity index (χ1n) is 6.77. The van der Waals surface area contributed by atoms with E-state index in [1.165, 1.54) is 38.5 Å². The lowest BCUT2D eigenvalue weighted by molar-refractivity contribution is 0.569. The zero-order valence-corrected chi connectivity index (χ0v) is 11.1. The highest BCUT2D eigenvalue weighted by Gasteiger charge is 2.52. The van der Waals surface area contributed by atoms with Crippen molar-refractivity contribution < 1.29 is 0 Å². The maximum Gasteiger partial charge on any atom is -0.0148 e. The topological polar surface area (TPSA) is 0 Å². The summed E-state index contributed by atoms with van der Waals surface area (Å²) >= 11 is 0. The van der Waals surface area contributed by atoms with E-state index < -0.39 is 0 Å². The summed E-state index contributed by atoms with van der Waals surface area (Å²) in [5.74, 6) is 1.75. The molecule has 1 rings (SSSR count). The summed E-state index contributed by atoms with van der Waals surface area (Å²) in [4.78, 5) is 0. The molecule has 0 aromatic carbocycles. The Balaban J connectivity index is 1.99. The maximum atomic E-state index is 2.46. The molecular weight excluding hydrogens is 180 g/mol. The van der Waals surface area contributed by atoms with Gasteiger partial charge in [-0.2, -0.15) is 0 Å². The van der Waals surface area contributed by atoms with Gasteiger partial charge in [0.15, 0.2) is 0 Å². The van der Waals surface area contributed by atoms with Crippen LogP contribution in [0.15, 0.2) is 12.2 Å². The van der Waals surface area contributed by atoms with Crippen LogP contribution < -0.4 is 0 Å².